The Labute approximate surface area is 123 Å². The van der Waals surface area contributed by atoms with Crippen LogP contribution >= 0.6 is 11.3 Å². The minimum absolute atomic E-state index is 0.0880. The molecule has 4 nitrogen and oxygen atoms in total. The van der Waals surface area contributed by atoms with Crippen LogP contribution in [0, 0.1) is 5.92 Å². The lowest BCUT2D eigenvalue weighted by Gasteiger charge is -2.21. The minimum atomic E-state index is -0.957. The van der Waals surface area contributed by atoms with Gasteiger partial charge < -0.3 is 10.0 Å². The first-order valence-electron chi connectivity index (χ1n) is 6.71. The van der Waals surface area contributed by atoms with E-state index in [2.05, 4.69) is 0 Å². The number of carboxylic acids is 1. The van der Waals surface area contributed by atoms with Crippen molar-refractivity contribution in [2.24, 2.45) is 5.92 Å². The van der Waals surface area contributed by atoms with Crippen molar-refractivity contribution >= 4 is 29.3 Å². The summed E-state index contributed by atoms with van der Waals surface area (Å²) >= 11 is 1.48. The van der Waals surface area contributed by atoms with Crippen molar-refractivity contribution in [2.75, 3.05) is 7.05 Å². The van der Waals surface area contributed by atoms with E-state index in [1.54, 1.807) is 11.0 Å². The Balaban J connectivity index is 2.64. The lowest BCUT2D eigenvalue weighted by Crippen LogP contribution is -2.31. The van der Waals surface area contributed by atoms with E-state index >= 15 is 0 Å². The fourth-order valence-electron chi connectivity index (χ4n) is 2.02. The van der Waals surface area contributed by atoms with Crippen LogP contribution in [0.2, 0.25) is 0 Å². The van der Waals surface area contributed by atoms with Gasteiger partial charge in [0.25, 0.3) is 0 Å². The first-order valence-corrected chi connectivity index (χ1v) is 7.59. The van der Waals surface area contributed by atoms with Gasteiger partial charge in [-0.05, 0) is 35.9 Å². The molecule has 0 saturated heterocycles. The van der Waals surface area contributed by atoms with E-state index < -0.39 is 5.97 Å². The van der Waals surface area contributed by atoms with Gasteiger partial charge in [-0.25, -0.2) is 4.79 Å². The Morgan fingerprint density at radius 1 is 1.40 bits per heavy atom. The molecular weight excluding hydrogens is 274 g/mol. The third-order valence-corrected chi connectivity index (χ3v) is 4.14. The van der Waals surface area contributed by atoms with Crippen LogP contribution in [0.3, 0.4) is 0 Å². The normalized spacial score (nSPS) is 11.2. The maximum absolute atomic E-state index is 12.2. The molecular formula is C15H21NO3S. The van der Waals surface area contributed by atoms with E-state index in [4.69, 9.17) is 5.11 Å². The van der Waals surface area contributed by atoms with Crippen LogP contribution in [0.5, 0.6) is 0 Å². The first-order chi connectivity index (χ1) is 9.47. The van der Waals surface area contributed by atoms with E-state index in [1.807, 2.05) is 32.3 Å². The van der Waals surface area contributed by atoms with E-state index in [1.165, 1.54) is 11.3 Å². The van der Waals surface area contributed by atoms with Gasteiger partial charge in [0.05, 0.1) is 0 Å². The molecule has 20 heavy (non-hydrogen) atoms. The quantitative estimate of drug-likeness (QED) is 0.786. The van der Waals surface area contributed by atoms with Crippen LogP contribution in [-0.4, -0.2) is 28.9 Å². The fraction of sp³-hybridized carbons (Fsp3) is 0.467. The van der Waals surface area contributed by atoms with E-state index in [0.717, 1.165) is 29.4 Å². The molecule has 0 radical (unpaired) electrons. The smallest absolute Gasteiger partial charge is 0.328 e. The Hall–Kier alpha value is -1.62. The van der Waals surface area contributed by atoms with Crippen LogP contribution in [0.25, 0.3) is 6.08 Å². The largest absolute Gasteiger partial charge is 0.478 e. The molecule has 1 aromatic rings. The highest BCUT2D eigenvalue weighted by molar-refractivity contribution is 7.11. The average molecular weight is 295 g/mol. The lowest BCUT2D eigenvalue weighted by molar-refractivity contribution is -0.135. The molecule has 0 aliphatic heterocycles. The molecule has 0 bridgehead atoms. The average Bonchev–Trinajstić information content (AvgIpc) is 2.85. The van der Waals surface area contributed by atoms with Crippen molar-refractivity contribution in [3.05, 3.63) is 28.0 Å². The molecule has 0 aliphatic carbocycles. The summed E-state index contributed by atoms with van der Waals surface area (Å²) in [7, 11) is 1.81. The van der Waals surface area contributed by atoms with Gasteiger partial charge in [0.15, 0.2) is 0 Å². The SMILES string of the molecule is CCC(CC)C(=O)N(C)Cc1csc(C=CC(=O)O)c1. The van der Waals surface area contributed by atoms with Crippen LogP contribution in [-0.2, 0) is 16.1 Å². The number of thiophene rings is 1. The van der Waals surface area contributed by atoms with Crippen molar-refractivity contribution < 1.29 is 14.7 Å². The number of carbonyl (C=O) groups is 2. The second-order valence-corrected chi connectivity index (χ2v) is 5.68. The molecule has 1 aromatic heterocycles. The number of carboxylic acid groups (broad SMARTS) is 1. The van der Waals surface area contributed by atoms with Gasteiger partial charge in [-0.3, -0.25) is 4.79 Å². The van der Waals surface area contributed by atoms with Crippen molar-refractivity contribution in [2.45, 2.75) is 33.2 Å². The molecule has 0 atom stereocenters. The minimum Gasteiger partial charge on any atom is -0.478 e. The molecule has 1 amide bonds. The third kappa shape index (κ3) is 4.81. The summed E-state index contributed by atoms with van der Waals surface area (Å²) in [5.74, 6) is -0.699. The second kappa shape index (κ2) is 7.85. The van der Waals surface area contributed by atoms with Gasteiger partial charge in [-0.1, -0.05) is 13.8 Å². The number of hydrogen-bond acceptors (Lipinski definition) is 3. The molecule has 0 aliphatic rings. The zero-order valence-corrected chi connectivity index (χ0v) is 12.9. The summed E-state index contributed by atoms with van der Waals surface area (Å²) in [6.45, 7) is 4.62. The van der Waals surface area contributed by atoms with Crippen molar-refractivity contribution in [1.29, 1.82) is 0 Å². The van der Waals surface area contributed by atoms with Gasteiger partial charge in [0.1, 0.15) is 0 Å². The van der Waals surface area contributed by atoms with Crippen molar-refractivity contribution in [3.8, 4) is 0 Å². The van der Waals surface area contributed by atoms with Gasteiger partial charge in [-0.2, -0.15) is 0 Å². The van der Waals surface area contributed by atoms with Crippen LogP contribution in [0.4, 0.5) is 0 Å². The molecule has 5 heteroatoms. The fourth-order valence-corrected chi connectivity index (χ4v) is 2.82. The lowest BCUT2D eigenvalue weighted by atomic mass is 10.0. The molecule has 0 unspecified atom stereocenters. The van der Waals surface area contributed by atoms with E-state index in [0.29, 0.717) is 6.54 Å². The molecule has 0 saturated carbocycles. The highest BCUT2D eigenvalue weighted by atomic mass is 32.1. The van der Waals surface area contributed by atoms with E-state index in [-0.39, 0.29) is 11.8 Å². The molecule has 1 heterocycles. The molecule has 0 fully saturated rings. The molecule has 0 aromatic carbocycles. The summed E-state index contributed by atoms with van der Waals surface area (Å²) in [5, 5.41) is 10.5. The number of hydrogen-bond donors (Lipinski definition) is 1. The second-order valence-electron chi connectivity index (χ2n) is 4.74. The van der Waals surface area contributed by atoms with Crippen LogP contribution in [0.15, 0.2) is 17.5 Å². The van der Waals surface area contributed by atoms with Gasteiger partial charge in [-0.15, -0.1) is 11.3 Å². The first kappa shape index (κ1) is 16.4. The van der Waals surface area contributed by atoms with E-state index in [9.17, 15) is 9.59 Å². The summed E-state index contributed by atoms with van der Waals surface area (Å²) in [5.41, 5.74) is 1.03. The number of rotatable bonds is 7. The Morgan fingerprint density at radius 2 is 2.05 bits per heavy atom. The Bertz CT molecular complexity index is 489. The van der Waals surface area contributed by atoms with Crippen LogP contribution < -0.4 is 0 Å². The van der Waals surface area contributed by atoms with Gasteiger partial charge >= 0.3 is 5.97 Å². The zero-order chi connectivity index (χ0) is 15.1. The van der Waals surface area contributed by atoms with Gasteiger partial charge in [0, 0.05) is 30.5 Å². The third-order valence-electron chi connectivity index (χ3n) is 3.20. The predicted octanol–water partition coefficient (Wildman–Crippen LogP) is 3.24. The molecule has 0 spiro atoms. The monoisotopic (exact) mass is 295 g/mol. The summed E-state index contributed by atoms with van der Waals surface area (Å²) in [6.07, 6.45) is 4.40. The number of amides is 1. The van der Waals surface area contributed by atoms with Crippen LogP contribution in [0.1, 0.15) is 37.1 Å². The Kier molecular flexibility index (Phi) is 6.45. The highest BCUT2D eigenvalue weighted by Crippen LogP contribution is 2.19. The highest BCUT2D eigenvalue weighted by Gasteiger charge is 2.18. The van der Waals surface area contributed by atoms with Gasteiger partial charge in [0.2, 0.25) is 5.91 Å². The number of nitrogens with zero attached hydrogens (tertiary/aromatic N) is 1. The number of aliphatic carboxylic acids is 1. The molecule has 1 N–H and O–H groups in total. The topological polar surface area (TPSA) is 57.6 Å². The summed E-state index contributed by atoms with van der Waals surface area (Å²) in [4.78, 5) is 25.2. The maximum atomic E-state index is 12.2. The number of carbonyl (C=O) groups excluding carboxylic acids is 1. The molecule has 1 rings (SSSR count). The standard InChI is InChI=1S/C15H21NO3S/c1-4-12(5-2)15(19)16(3)9-11-8-13(20-10-11)6-7-14(17)18/h6-8,10,12H,4-5,9H2,1-3H3,(H,17,18). The zero-order valence-electron chi connectivity index (χ0n) is 12.1. The predicted molar refractivity (Wildman–Crippen MR) is 81.5 cm³/mol. The summed E-state index contributed by atoms with van der Waals surface area (Å²) < 4.78 is 0. The molecule has 110 valence electrons. The van der Waals surface area contributed by atoms with Crippen molar-refractivity contribution in [3.63, 3.8) is 0 Å². The van der Waals surface area contributed by atoms with Crippen molar-refractivity contribution in [1.82, 2.24) is 4.90 Å². The maximum Gasteiger partial charge on any atom is 0.328 e. The Morgan fingerprint density at radius 3 is 2.60 bits per heavy atom. The summed E-state index contributed by atoms with van der Waals surface area (Å²) in [6, 6.07) is 1.92.